The highest BCUT2D eigenvalue weighted by Crippen LogP contribution is 2.35. The van der Waals surface area contributed by atoms with Crippen LogP contribution in [-0.2, 0) is 6.61 Å². The molecule has 2 aromatic carbocycles. The Bertz CT molecular complexity index is 1320. The van der Waals surface area contributed by atoms with Gasteiger partial charge >= 0.3 is 0 Å². The summed E-state index contributed by atoms with van der Waals surface area (Å²) in [5.74, 6) is 2.98. The number of rotatable bonds is 7. The van der Waals surface area contributed by atoms with Gasteiger partial charge in [-0.2, -0.15) is 0 Å². The van der Waals surface area contributed by atoms with E-state index in [4.69, 9.17) is 19.6 Å². The lowest BCUT2D eigenvalue weighted by molar-refractivity contribution is 0.304. The molecule has 7 heteroatoms. The molecule has 1 fully saturated rings. The smallest absolute Gasteiger partial charge is 0.277 e. The Morgan fingerprint density at radius 3 is 2.64 bits per heavy atom. The molecule has 0 bridgehead atoms. The third-order valence-electron chi connectivity index (χ3n) is 6.18. The van der Waals surface area contributed by atoms with E-state index in [-0.39, 0.29) is 5.56 Å². The molecular formula is C26H28N4O3. The number of hydrogen-bond acceptors (Lipinski definition) is 5. The standard InChI is InChI=1S/C26H28N4O3/c1-3-32-22-14-13-20(33-16-18-9-5-4-6-10-18)15-21(22)24-28-26(31)23-17(2)27-25(30(23)29-24)19-11-7-8-12-19/h4-6,9-10,13-15,19H,3,7-8,11-12,16H2,1-2H3,(H,28,29,31). The largest absolute Gasteiger partial charge is 0.493 e. The van der Waals surface area contributed by atoms with Crippen LogP contribution in [0, 0.1) is 6.92 Å². The van der Waals surface area contributed by atoms with Crippen LogP contribution in [0.2, 0.25) is 0 Å². The van der Waals surface area contributed by atoms with Crippen molar-refractivity contribution in [1.82, 2.24) is 19.6 Å². The minimum atomic E-state index is -0.202. The molecule has 7 nitrogen and oxygen atoms in total. The molecule has 5 rings (SSSR count). The number of aromatic amines is 1. The van der Waals surface area contributed by atoms with Crippen LogP contribution in [0.3, 0.4) is 0 Å². The van der Waals surface area contributed by atoms with E-state index < -0.39 is 0 Å². The van der Waals surface area contributed by atoms with E-state index >= 15 is 0 Å². The van der Waals surface area contributed by atoms with Gasteiger partial charge in [-0.25, -0.2) is 9.50 Å². The average Bonchev–Trinajstić information content (AvgIpc) is 3.47. The first-order chi connectivity index (χ1) is 16.1. The van der Waals surface area contributed by atoms with Crippen LogP contribution < -0.4 is 15.0 Å². The summed E-state index contributed by atoms with van der Waals surface area (Å²) in [6.45, 7) is 4.75. The summed E-state index contributed by atoms with van der Waals surface area (Å²) >= 11 is 0. The molecular weight excluding hydrogens is 416 g/mol. The Balaban J connectivity index is 1.57. The monoisotopic (exact) mass is 444 g/mol. The highest BCUT2D eigenvalue weighted by atomic mass is 16.5. The third-order valence-corrected chi connectivity index (χ3v) is 6.18. The van der Waals surface area contributed by atoms with Crippen molar-refractivity contribution in [2.75, 3.05) is 6.61 Å². The molecule has 1 aliphatic rings. The Kier molecular flexibility index (Phi) is 5.86. The van der Waals surface area contributed by atoms with Crippen LogP contribution in [0.1, 0.15) is 55.6 Å². The van der Waals surface area contributed by atoms with Gasteiger partial charge in [-0.05, 0) is 50.5 Å². The SMILES string of the molecule is CCOc1ccc(OCc2ccccc2)cc1-c1nn2c(C3CCCC3)nc(C)c2c(=O)[nH]1. The molecule has 0 spiro atoms. The van der Waals surface area contributed by atoms with E-state index in [2.05, 4.69) is 4.98 Å². The van der Waals surface area contributed by atoms with Crippen LogP contribution in [-0.4, -0.2) is 26.2 Å². The zero-order valence-electron chi connectivity index (χ0n) is 19.0. The van der Waals surface area contributed by atoms with Crippen LogP contribution in [0.15, 0.2) is 53.3 Å². The number of aromatic nitrogens is 4. The van der Waals surface area contributed by atoms with E-state index in [1.165, 1.54) is 12.8 Å². The molecule has 0 unspecified atom stereocenters. The first-order valence-corrected chi connectivity index (χ1v) is 11.6. The molecule has 1 aliphatic carbocycles. The summed E-state index contributed by atoms with van der Waals surface area (Å²) in [5, 5.41) is 4.84. The van der Waals surface area contributed by atoms with Gasteiger partial charge < -0.3 is 14.5 Å². The highest BCUT2D eigenvalue weighted by molar-refractivity contribution is 5.67. The number of hydrogen-bond donors (Lipinski definition) is 1. The quantitative estimate of drug-likeness (QED) is 0.432. The molecule has 1 N–H and O–H groups in total. The summed E-state index contributed by atoms with van der Waals surface area (Å²) < 4.78 is 13.6. The summed E-state index contributed by atoms with van der Waals surface area (Å²) in [7, 11) is 0. The second-order valence-corrected chi connectivity index (χ2v) is 8.47. The van der Waals surface area contributed by atoms with E-state index in [9.17, 15) is 4.79 Å². The minimum absolute atomic E-state index is 0.202. The Labute approximate surface area is 192 Å². The summed E-state index contributed by atoms with van der Waals surface area (Å²) in [5.41, 5.74) is 2.78. The van der Waals surface area contributed by atoms with Crippen molar-refractivity contribution in [3.05, 3.63) is 76.0 Å². The number of H-pyrrole nitrogens is 1. The predicted molar refractivity (Wildman–Crippen MR) is 127 cm³/mol. The van der Waals surface area contributed by atoms with Gasteiger partial charge in [-0.1, -0.05) is 43.2 Å². The summed E-state index contributed by atoms with van der Waals surface area (Å²) in [6.07, 6.45) is 4.53. The molecule has 0 saturated heterocycles. The van der Waals surface area contributed by atoms with Crippen LogP contribution in [0.25, 0.3) is 16.9 Å². The molecule has 0 atom stereocenters. The van der Waals surface area contributed by atoms with E-state index in [0.29, 0.717) is 53.2 Å². The topological polar surface area (TPSA) is 81.5 Å². The molecule has 2 aromatic heterocycles. The lowest BCUT2D eigenvalue weighted by Gasteiger charge is -2.13. The van der Waals surface area contributed by atoms with Gasteiger partial charge in [0.15, 0.2) is 11.3 Å². The van der Waals surface area contributed by atoms with E-state index in [1.807, 2.05) is 62.4 Å². The number of nitrogens with one attached hydrogen (secondary N) is 1. The van der Waals surface area contributed by atoms with Crippen LogP contribution in [0.5, 0.6) is 11.5 Å². The number of nitrogens with zero attached hydrogens (tertiary/aromatic N) is 3. The van der Waals surface area contributed by atoms with E-state index in [0.717, 1.165) is 24.2 Å². The van der Waals surface area contributed by atoms with Gasteiger partial charge in [0.25, 0.3) is 5.56 Å². The predicted octanol–water partition coefficient (Wildman–Crippen LogP) is 5.03. The Hall–Kier alpha value is -3.61. The van der Waals surface area contributed by atoms with Crippen molar-refractivity contribution in [3.8, 4) is 22.9 Å². The van der Waals surface area contributed by atoms with Crippen molar-refractivity contribution in [3.63, 3.8) is 0 Å². The average molecular weight is 445 g/mol. The van der Waals surface area contributed by atoms with Crippen molar-refractivity contribution < 1.29 is 9.47 Å². The van der Waals surface area contributed by atoms with Crippen LogP contribution in [0.4, 0.5) is 0 Å². The van der Waals surface area contributed by atoms with Gasteiger partial charge in [-0.3, -0.25) is 4.79 Å². The molecule has 1 saturated carbocycles. The molecule has 33 heavy (non-hydrogen) atoms. The fraction of sp³-hybridized carbons (Fsp3) is 0.346. The second kappa shape index (κ2) is 9.10. The lowest BCUT2D eigenvalue weighted by atomic mass is 10.1. The number of ether oxygens (including phenoxy) is 2. The Morgan fingerprint density at radius 2 is 1.88 bits per heavy atom. The second-order valence-electron chi connectivity index (χ2n) is 8.47. The van der Waals surface area contributed by atoms with Crippen molar-refractivity contribution in [2.24, 2.45) is 0 Å². The van der Waals surface area contributed by atoms with Crippen molar-refractivity contribution >= 4 is 5.52 Å². The normalized spacial score (nSPS) is 14.1. The third kappa shape index (κ3) is 4.23. The molecule has 2 heterocycles. The molecule has 4 aromatic rings. The minimum Gasteiger partial charge on any atom is -0.493 e. The molecule has 0 radical (unpaired) electrons. The maximum atomic E-state index is 13.1. The first-order valence-electron chi connectivity index (χ1n) is 11.6. The molecule has 170 valence electrons. The maximum Gasteiger partial charge on any atom is 0.277 e. The lowest BCUT2D eigenvalue weighted by Crippen LogP contribution is -2.16. The van der Waals surface area contributed by atoms with Gasteiger partial charge in [0.1, 0.15) is 23.9 Å². The zero-order valence-corrected chi connectivity index (χ0v) is 19.0. The number of aryl methyl sites for hydroxylation is 1. The summed E-state index contributed by atoms with van der Waals surface area (Å²) in [4.78, 5) is 20.7. The molecule has 0 aliphatic heterocycles. The van der Waals surface area contributed by atoms with Crippen molar-refractivity contribution in [1.29, 1.82) is 0 Å². The van der Waals surface area contributed by atoms with Gasteiger partial charge in [0.2, 0.25) is 0 Å². The van der Waals surface area contributed by atoms with Gasteiger partial charge in [0.05, 0.1) is 17.9 Å². The fourth-order valence-electron chi connectivity index (χ4n) is 4.57. The Morgan fingerprint density at radius 1 is 1.09 bits per heavy atom. The molecule has 0 amide bonds. The number of imidazole rings is 1. The van der Waals surface area contributed by atoms with Crippen LogP contribution >= 0.6 is 0 Å². The van der Waals surface area contributed by atoms with Gasteiger partial charge in [-0.15, -0.1) is 5.10 Å². The zero-order chi connectivity index (χ0) is 22.8. The van der Waals surface area contributed by atoms with Gasteiger partial charge in [0, 0.05) is 5.92 Å². The first kappa shape index (κ1) is 21.2. The van der Waals surface area contributed by atoms with Crippen molar-refractivity contribution in [2.45, 2.75) is 52.1 Å². The van der Waals surface area contributed by atoms with E-state index in [1.54, 1.807) is 4.52 Å². The fourth-order valence-corrected chi connectivity index (χ4v) is 4.57. The maximum absolute atomic E-state index is 13.1. The summed E-state index contributed by atoms with van der Waals surface area (Å²) in [6, 6.07) is 15.6. The highest BCUT2D eigenvalue weighted by Gasteiger charge is 2.25. The number of benzene rings is 2. The number of fused-ring (bicyclic) bond motifs is 1.